The average molecular weight is 622 g/mol. The molecule has 4 atom stereocenters. The number of rotatable bonds is 14. The maximum Gasteiger partial charge on any atom is 0.424 e. The zero-order valence-electron chi connectivity index (χ0n) is 27.2. The van der Waals surface area contributed by atoms with Crippen LogP contribution < -0.4 is 10.6 Å². The van der Waals surface area contributed by atoms with Gasteiger partial charge in [0.2, 0.25) is 5.91 Å². The van der Waals surface area contributed by atoms with E-state index in [1.807, 2.05) is 43.1 Å². The molecule has 1 unspecified atom stereocenters. The lowest BCUT2D eigenvalue weighted by Gasteiger charge is -2.47. The Bertz CT molecular complexity index is 1200. The number of hydrazine groups is 1. The number of amides is 3. The molecule has 1 aliphatic heterocycles. The molecule has 2 heterocycles. The molecule has 2 N–H and O–H groups in total. The Balaban J connectivity index is 1.42. The lowest BCUT2D eigenvalue weighted by atomic mass is 9.78. The monoisotopic (exact) mass is 621 g/mol. The zero-order chi connectivity index (χ0) is 32.0. The molecule has 1 saturated carbocycles. The first-order valence-electron chi connectivity index (χ1n) is 16.7. The van der Waals surface area contributed by atoms with Crippen molar-refractivity contribution >= 4 is 18.1 Å². The van der Waals surface area contributed by atoms with Crippen LogP contribution in [-0.2, 0) is 27.3 Å². The quantitative estimate of drug-likeness (QED) is 0.259. The second-order valence-corrected chi connectivity index (χ2v) is 12.7. The molecule has 1 aliphatic carbocycles. The number of carbonyl (C=O) groups is 3. The third kappa shape index (κ3) is 10.7. The second kappa shape index (κ2) is 17.7. The Morgan fingerprint density at radius 2 is 1.69 bits per heavy atom. The summed E-state index contributed by atoms with van der Waals surface area (Å²) in [6.07, 6.45) is 8.55. The third-order valence-corrected chi connectivity index (χ3v) is 8.90. The lowest BCUT2D eigenvalue weighted by molar-refractivity contribution is -0.125. The van der Waals surface area contributed by atoms with Crippen molar-refractivity contribution in [1.82, 2.24) is 25.6 Å². The number of unbranched alkanes of at least 4 members (excludes halogenated alkanes) is 1. The maximum absolute atomic E-state index is 13.7. The van der Waals surface area contributed by atoms with E-state index in [2.05, 4.69) is 39.7 Å². The molecular formula is C35H51N5O5. The van der Waals surface area contributed by atoms with Gasteiger partial charge < -0.3 is 20.1 Å². The molecule has 0 spiro atoms. The number of nitrogens with zero attached hydrogens (tertiary/aromatic N) is 3. The van der Waals surface area contributed by atoms with E-state index in [0.29, 0.717) is 50.1 Å². The van der Waals surface area contributed by atoms with E-state index in [9.17, 15) is 14.4 Å². The van der Waals surface area contributed by atoms with Crippen molar-refractivity contribution in [1.29, 1.82) is 0 Å². The van der Waals surface area contributed by atoms with Gasteiger partial charge in [0.15, 0.2) is 0 Å². The Morgan fingerprint density at radius 3 is 2.38 bits per heavy atom. The van der Waals surface area contributed by atoms with E-state index >= 15 is 0 Å². The van der Waals surface area contributed by atoms with Gasteiger partial charge in [0.25, 0.3) is 0 Å². The minimum atomic E-state index is -0.775. The van der Waals surface area contributed by atoms with Crippen molar-refractivity contribution in [3.63, 3.8) is 0 Å². The summed E-state index contributed by atoms with van der Waals surface area (Å²) in [7, 11) is 0. The van der Waals surface area contributed by atoms with E-state index in [1.54, 1.807) is 18.3 Å². The minimum absolute atomic E-state index is 0.0187. The highest BCUT2D eigenvalue weighted by Gasteiger charge is 2.38. The van der Waals surface area contributed by atoms with Gasteiger partial charge in [-0.05, 0) is 67.6 Å². The van der Waals surface area contributed by atoms with Crippen LogP contribution in [-0.4, -0.2) is 71.4 Å². The van der Waals surface area contributed by atoms with Crippen LogP contribution in [0.3, 0.4) is 0 Å². The topological polar surface area (TPSA) is 113 Å². The van der Waals surface area contributed by atoms with E-state index in [0.717, 1.165) is 31.4 Å². The molecule has 0 radical (unpaired) electrons. The summed E-state index contributed by atoms with van der Waals surface area (Å²) in [5.41, 5.74) is 1.73. The van der Waals surface area contributed by atoms with Crippen molar-refractivity contribution in [3.8, 4) is 0 Å². The van der Waals surface area contributed by atoms with Crippen LogP contribution in [0.15, 0.2) is 54.7 Å². The number of pyridine rings is 1. The molecule has 3 amide bonds. The smallest absolute Gasteiger partial charge is 0.424 e. The van der Waals surface area contributed by atoms with E-state index in [-0.39, 0.29) is 30.6 Å². The average Bonchev–Trinajstić information content (AvgIpc) is 3.05. The van der Waals surface area contributed by atoms with Gasteiger partial charge in [-0.1, -0.05) is 76.4 Å². The number of alkyl carbamates (subject to hydrolysis) is 1. The number of fused-ring (bicyclic) bond motifs is 1. The van der Waals surface area contributed by atoms with Crippen LogP contribution in [0.4, 0.5) is 9.59 Å². The van der Waals surface area contributed by atoms with Crippen LogP contribution in [0.1, 0.15) is 77.0 Å². The first-order chi connectivity index (χ1) is 21.8. The number of nitrogens with one attached hydrogen (secondary N) is 2. The molecule has 2 aromatic rings. The van der Waals surface area contributed by atoms with Crippen LogP contribution in [0.25, 0.3) is 0 Å². The number of carbonyl (C=O) groups excluding carboxylic acids is 3. The molecular weight excluding hydrogens is 570 g/mol. The molecule has 2 aliphatic rings. The fourth-order valence-corrected chi connectivity index (χ4v) is 6.30. The summed E-state index contributed by atoms with van der Waals surface area (Å²) in [6, 6.07) is 14.5. The highest BCUT2D eigenvalue weighted by molar-refractivity contribution is 5.86. The highest BCUT2D eigenvalue weighted by Crippen LogP contribution is 2.35. The Kier molecular flexibility index (Phi) is 13.5. The predicted molar refractivity (Wildman–Crippen MR) is 173 cm³/mol. The molecule has 1 aromatic heterocycles. The van der Waals surface area contributed by atoms with Gasteiger partial charge in [0, 0.05) is 31.9 Å². The highest BCUT2D eigenvalue weighted by atomic mass is 16.6. The first-order valence-corrected chi connectivity index (χ1v) is 16.7. The predicted octanol–water partition coefficient (Wildman–Crippen LogP) is 5.73. The molecule has 10 heteroatoms. The van der Waals surface area contributed by atoms with Crippen molar-refractivity contribution < 1.29 is 23.9 Å². The van der Waals surface area contributed by atoms with Gasteiger partial charge in [-0.15, -0.1) is 0 Å². The molecule has 0 bridgehead atoms. The van der Waals surface area contributed by atoms with Crippen molar-refractivity contribution in [2.45, 2.75) is 90.8 Å². The molecule has 45 heavy (non-hydrogen) atoms. The van der Waals surface area contributed by atoms with Crippen molar-refractivity contribution in [2.75, 3.05) is 26.2 Å². The Hall–Kier alpha value is -3.66. The Labute approximate surface area is 268 Å². The SMILES string of the molecule is CCCCOC(=O)N1C[C@@H]2CCCC[C@@H]2CN1CCC(Cc1ccccc1)NC(=O)[C@H](NC(=O)OCc1ccccn1)C(C)C. The van der Waals surface area contributed by atoms with Crippen LogP contribution in [0.5, 0.6) is 0 Å². The van der Waals surface area contributed by atoms with Crippen LogP contribution >= 0.6 is 0 Å². The van der Waals surface area contributed by atoms with E-state index in [1.165, 1.54) is 19.3 Å². The summed E-state index contributed by atoms with van der Waals surface area (Å²) < 4.78 is 11.0. The van der Waals surface area contributed by atoms with Crippen molar-refractivity contribution in [3.05, 3.63) is 66.0 Å². The number of hydrogen-bond acceptors (Lipinski definition) is 7. The number of hydrogen-bond donors (Lipinski definition) is 2. The summed E-state index contributed by atoms with van der Waals surface area (Å²) >= 11 is 0. The molecule has 246 valence electrons. The standard InChI is InChI=1S/C35H51N5O5/c1-4-5-21-44-35(43)40-24-29-16-10-9-15-28(29)23-39(40)20-18-30(22-27-13-7-6-8-14-27)37-33(41)32(26(2)3)38-34(42)45-25-31-17-11-12-19-36-31/h6-8,11-14,17,19,26,28-30,32H,4-5,9-10,15-16,18,20-25H2,1-3H3,(H,37,41)(H,38,42)/t28-,29+,30?,32-/m1/s1. The molecule has 2 fully saturated rings. The van der Waals surface area contributed by atoms with Gasteiger partial charge in [0.05, 0.1) is 12.3 Å². The summed E-state index contributed by atoms with van der Waals surface area (Å²) in [5.74, 6) is 0.641. The summed E-state index contributed by atoms with van der Waals surface area (Å²) in [4.78, 5) is 43.7. The van der Waals surface area contributed by atoms with Gasteiger partial charge in [-0.2, -0.15) is 0 Å². The molecule has 1 saturated heterocycles. The van der Waals surface area contributed by atoms with Crippen LogP contribution in [0, 0.1) is 17.8 Å². The number of benzene rings is 1. The number of ether oxygens (including phenoxy) is 2. The first kappa shape index (κ1) is 34.2. The van der Waals surface area contributed by atoms with Crippen LogP contribution in [0.2, 0.25) is 0 Å². The fraction of sp³-hybridized carbons (Fsp3) is 0.600. The zero-order valence-corrected chi connectivity index (χ0v) is 27.2. The largest absolute Gasteiger partial charge is 0.448 e. The summed E-state index contributed by atoms with van der Waals surface area (Å²) in [6.45, 7) is 8.43. The maximum atomic E-state index is 13.7. The van der Waals surface area contributed by atoms with E-state index < -0.39 is 12.1 Å². The van der Waals surface area contributed by atoms with Crippen molar-refractivity contribution in [2.24, 2.45) is 17.8 Å². The molecule has 10 nitrogen and oxygen atoms in total. The minimum Gasteiger partial charge on any atom is -0.448 e. The second-order valence-electron chi connectivity index (χ2n) is 12.7. The Morgan fingerprint density at radius 1 is 0.956 bits per heavy atom. The normalized spacial score (nSPS) is 19.7. The molecule has 4 rings (SSSR count). The number of aromatic nitrogens is 1. The van der Waals surface area contributed by atoms with Gasteiger partial charge in [0.1, 0.15) is 12.6 Å². The van der Waals surface area contributed by atoms with Gasteiger partial charge >= 0.3 is 12.2 Å². The van der Waals surface area contributed by atoms with E-state index in [4.69, 9.17) is 9.47 Å². The fourth-order valence-electron chi connectivity index (χ4n) is 6.30. The molecule has 1 aromatic carbocycles. The van der Waals surface area contributed by atoms with Gasteiger partial charge in [-0.3, -0.25) is 9.78 Å². The summed E-state index contributed by atoms with van der Waals surface area (Å²) in [5, 5.41) is 9.95. The third-order valence-electron chi connectivity index (χ3n) is 8.90. The van der Waals surface area contributed by atoms with Gasteiger partial charge in [-0.25, -0.2) is 19.6 Å². The lowest BCUT2D eigenvalue weighted by Crippen LogP contribution is -2.58.